The van der Waals surface area contributed by atoms with Crippen molar-refractivity contribution >= 4 is 64.3 Å². The Morgan fingerprint density at radius 3 is 1.84 bits per heavy atom. The van der Waals surface area contributed by atoms with Crippen LogP contribution in [0.25, 0.3) is 0 Å². The number of anilines is 1. The van der Waals surface area contributed by atoms with Crippen molar-refractivity contribution in [3.05, 3.63) is 124 Å². The molecule has 22 heteroatoms. The van der Waals surface area contributed by atoms with Crippen molar-refractivity contribution in [2.45, 2.75) is 90.3 Å². The summed E-state index contributed by atoms with van der Waals surface area (Å²) in [4.78, 5) is 104. The van der Waals surface area contributed by atoms with Gasteiger partial charge in [-0.2, -0.15) is 10.2 Å². The molecule has 402 valence electrons. The number of carbonyl (C=O) groups is 7. The number of hydrogen-bond donors (Lipinski definition) is 8. The van der Waals surface area contributed by atoms with Crippen LogP contribution in [0.3, 0.4) is 0 Å². The molecule has 8 N–H and O–H groups in total. The summed E-state index contributed by atoms with van der Waals surface area (Å²) >= 11 is 0. The number of non-ortho nitro benzene ring substituents is 1. The molecular formula is C53H69N11O11. The zero-order valence-electron chi connectivity index (χ0n) is 42.8. The highest BCUT2D eigenvalue weighted by Gasteiger charge is 2.28. The Hall–Kier alpha value is -8.43. The molecule has 0 radical (unpaired) electrons. The Balaban J connectivity index is 1.19. The fourth-order valence-corrected chi connectivity index (χ4v) is 7.25. The summed E-state index contributed by atoms with van der Waals surface area (Å²) < 4.78 is 5.31. The molecule has 0 spiro atoms. The Labute approximate surface area is 436 Å². The molecule has 0 heterocycles. The van der Waals surface area contributed by atoms with E-state index in [1.54, 1.807) is 48.5 Å². The van der Waals surface area contributed by atoms with Crippen LogP contribution in [0, 0.1) is 16.0 Å². The molecule has 0 aromatic heterocycles. The van der Waals surface area contributed by atoms with Gasteiger partial charge in [0, 0.05) is 57.2 Å². The second-order valence-electron chi connectivity index (χ2n) is 18.1. The standard InChI is InChI=1S/C53H69N11O11/c1-5-6-27-54-50(69)44(31-36(2)3)60-52(71)46(32-37-12-8-7-9-13-37)59-49(68)35-56-48(67)34-57-51(70)45(33-38-15-25-43(65)26-16-38)58-47(66)14-10-11-28-55-53(72)75-30-29-63(4)41-21-17-39(18-22-41)61-62-40-19-23-42(24-20-40)64(73)74/h7-9,12-13,15-26,36,44-46,65H,5-6,10-11,14,27-35H2,1-4H3,(H,54,69)(H,55,72)(H,56,67)(H,57,70)(H,58,66)(H,59,68)(H,60,71)/t44-,45-,46-/m0/s1. The van der Waals surface area contributed by atoms with Gasteiger partial charge in [0.2, 0.25) is 35.4 Å². The lowest BCUT2D eigenvalue weighted by molar-refractivity contribution is -0.384. The van der Waals surface area contributed by atoms with Crippen molar-refractivity contribution in [2.75, 3.05) is 51.3 Å². The maximum Gasteiger partial charge on any atom is 0.407 e. The molecule has 7 amide bonds. The quantitative estimate of drug-likeness (QED) is 0.0140. The van der Waals surface area contributed by atoms with Crippen LogP contribution >= 0.6 is 0 Å². The molecule has 4 aromatic rings. The minimum atomic E-state index is -1.12. The third kappa shape index (κ3) is 22.9. The topological polar surface area (TPSA) is 304 Å². The SMILES string of the molecule is CCCCNC(=O)[C@H](CC(C)C)NC(=O)[C@H](Cc1ccccc1)NC(=O)CNC(=O)CNC(=O)[C@H](Cc1ccc(O)cc1)NC(=O)CCCCNC(=O)OCCN(C)c1ccc(N=Nc2ccc([N+](=O)[O-])cc2)cc1. The first-order valence-electron chi connectivity index (χ1n) is 24.9. The molecule has 4 rings (SSSR count). The minimum absolute atomic E-state index is 0.00860. The fourth-order valence-electron chi connectivity index (χ4n) is 7.25. The number of amides is 7. The first-order chi connectivity index (χ1) is 36.0. The molecule has 0 saturated carbocycles. The smallest absolute Gasteiger partial charge is 0.407 e. The lowest BCUT2D eigenvalue weighted by Crippen LogP contribution is -2.56. The van der Waals surface area contributed by atoms with Crippen LogP contribution in [0.4, 0.5) is 27.5 Å². The highest BCUT2D eigenvalue weighted by Crippen LogP contribution is 2.23. The van der Waals surface area contributed by atoms with E-state index in [1.807, 2.05) is 50.9 Å². The Morgan fingerprint density at radius 1 is 0.640 bits per heavy atom. The van der Waals surface area contributed by atoms with Gasteiger partial charge in [-0.3, -0.25) is 38.9 Å². The van der Waals surface area contributed by atoms with Gasteiger partial charge >= 0.3 is 6.09 Å². The van der Waals surface area contributed by atoms with Crippen LogP contribution in [0.2, 0.25) is 0 Å². The highest BCUT2D eigenvalue weighted by atomic mass is 16.6. The number of phenols is 1. The first kappa shape index (κ1) is 59.1. The summed E-state index contributed by atoms with van der Waals surface area (Å²) in [6.07, 6.45) is 2.35. The number of nitro groups is 1. The molecule has 0 bridgehead atoms. The van der Waals surface area contributed by atoms with Gasteiger partial charge in [0.1, 0.15) is 30.5 Å². The number of likely N-dealkylation sites (N-methyl/N-ethyl adjacent to an activating group) is 1. The van der Waals surface area contributed by atoms with Crippen molar-refractivity contribution < 1.29 is 48.3 Å². The molecule has 0 aliphatic heterocycles. The number of alkyl carbamates (subject to hydrolysis) is 1. The number of aromatic hydroxyl groups is 1. The number of phenolic OH excluding ortho intramolecular Hbond substituents is 1. The molecule has 0 fully saturated rings. The minimum Gasteiger partial charge on any atom is -0.508 e. The zero-order valence-corrected chi connectivity index (χ0v) is 42.8. The van der Waals surface area contributed by atoms with Crippen LogP contribution < -0.4 is 42.1 Å². The lowest BCUT2D eigenvalue weighted by atomic mass is 10.0. The number of nitrogens with one attached hydrogen (secondary N) is 7. The fraction of sp³-hybridized carbons (Fsp3) is 0.415. The van der Waals surface area contributed by atoms with E-state index < -0.39 is 71.8 Å². The van der Waals surface area contributed by atoms with E-state index in [1.165, 1.54) is 36.4 Å². The average Bonchev–Trinajstić information content (AvgIpc) is 3.39. The third-order valence-electron chi connectivity index (χ3n) is 11.4. The van der Waals surface area contributed by atoms with Crippen molar-refractivity contribution in [1.29, 1.82) is 0 Å². The molecule has 0 saturated heterocycles. The van der Waals surface area contributed by atoms with Crippen LogP contribution in [0.5, 0.6) is 5.75 Å². The van der Waals surface area contributed by atoms with E-state index in [0.29, 0.717) is 49.3 Å². The van der Waals surface area contributed by atoms with Crippen LogP contribution in [0.15, 0.2) is 113 Å². The third-order valence-corrected chi connectivity index (χ3v) is 11.4. The number of unbranched alkanes of at least 4 members (excludes halogenated alkanes) is 2. The van der Waals surface area contributed by atoms with Crippen molar-refractivity contribution in [2.24, 2.45) is 16.1 Å². The van der Waals surface area contributed by atoms with E-state index >= 15 is 0 Å². The van der Waals surface area contributed by atoms with Gasteiger partial charge in [-0.05, 0) is 91.3 Å². The molecule has 4 aromatic carbocycles. The number of hydrogen-bond acceptors (Lipinski definition) is 14. The van der Waals surface area contributed by atoms with Crippen molar-refractivity contribution in [3.8, 4) is 5.75 Å². The predicted octanol–water partition coefficient (Wildman–Crippen LogP) is 5.18. The van der Waals surface area contributed by atoms with E-state index in [2.05, 4.69) is 47.4 Å². The average molecular weight is 1040 g/mol. The largest absolute Gasteiger partial charge is 0.508 e. The van der Waals surface area contributed by atoms with Crippen LogP contribution in [0.1, 0.15) is 70.4 Å². The van der Waals surface area contributed by atoms with E-state index in [9.17, 15) is 48.8 Å². The zero-order chi connectivity index (χ0) is 54.5. The van der Waals surface area contributed by atoms with Crippen molar-refractivity contribution in [1.82, 2.24) is 37.2 Å². The second kappa shape index (κ2) is 31.9. The van der Waals surface area contributed by atoms with Gasteiger partial charge in [-0.25, -0.2) is 4.79 Å². The summed E-state index contributed by atoms with van der Waals surface area (Å²) in [6.45, 7) is 5.97. The Kier molecular flexibility index (Phi) is 25.2. The Bertz CT molecular complexity index is 2510. The number of azo groups is 1. The number of nitrogens with zero attached hydrogens (tertiary/aromatic N) is 4. The number of rotatable bonds is 31. The highest BCUT2D eigenvalue weighted by molar-refractivity contribution is 5.94. The second-order valence-corrected chi connectivity index (χ2v) is 18.1. The van der Waals surface area contributed by atoms with Crippen LogP contribution in [-0.2, 0) is 46.3 Å². The lowest BCUT2D eigenvalue weighted by Gasteiger charge is -2.24. The van der Waals surface area contributed by atoms with Gasteiger partial charge in [-0.15, -0.1) is 0 Å². The number of benzene rings is 4. The number of nitro benzene ring substituents is 1. The van der Waals surface area contributed by atoms with Crippen molar-refractivity contribution in [3.63, 3.8) is 0 Å². The van der Waals surface area contributed by atoms with E-state index in [-0.39, 0.29) is 55.7 Å². The maximum absolute atomic E-state index is 13.6. The van der Waals surface area contributed by atoms with Gasteiger partial charge in [0.05, 0.1) is 35.9 Å². The Morgan fingerprint density at radius 2 is 1.21 bits per heavy atom. The molecule has 0 aliphatic carbocycles. The van der Waals surface area contributed by atoms with Gasteiger partial charge in [0.15, 0.2) is 0 Å². The summed E-state index contributed by atoms with van der Waals surface area (Å²) in [5.41, 5.74) is 3.21. The summed E-state index contributed by atoms with van der Waals surface area (Å²) in [6, 6.07) is 24.9. The van der Waals surface area contributed by atoms with Crippen LogP contribution in [-0.4, -0.2) is 116 Å². The van der Waals surface area contributed by atoms with Gasteiger partial charge in [-0.1, -0.05) is 69.7 Å². The maximum atomic E-state index is 13.6. The molecule has 22 nitrogen and oxygen atoms in total. The summed E-state index contributed by atoms with van der Waals surface area (Å²) in [7, 11) is 1.83. The van der Waals surface area contributed by atoms with Gasteiger partial charge < -0.3 is 52.0 Å². The molecular weight excluding hydrogens is 967 g/mol. The molecule has 0 aliphatic rings. The number of ether oxygens (including phenoxy) is 1. The normalized spacial score (nSPS) is 12.1. The number of carbonyl (C=O) groups excluding carboxylic acids is 7. The predicted molar refractivity (Wildman–Crippen MR) is 281 cm³/mol. The van der Waals surface area contributed by atoms with E-state index in [4.69, 9.17) is 4.74 Å². The van der Waals surface area contributed by atoms with Gasteiger partial charge in [0.25, 0.3) is 5.69 Å². The summed E-state index contributed by atoms with van der Waals surface area (Å²) in [5.74, 6) is -3.32. The van der Waals surface area contributed by atoms with E-state index in [0.717, 1.165) is 24.1 Å². The summed E-state index contributed by atoms with van der Waals surface area (Å²) in [5, 5.41) is 47.5. The first-order valence-corrected chi connectivity index (χ1v) is 24.9. The molecule has 75 heavy (non-hydrogen) atoms. The molecule has 0 unspecified atom stereocenters. The monoisotopic (exact) mass is 1040 g/mol. The molecule has 3 atom stereocenters.